The molecule has 0 radical (unpaired) electrons. The molecule has 6 rings (SSSR count). The average Bonchev–Trinajstić information content (AvgIpc) is 2.82. The second-order valence-corrected chi connectivity index (χ2v) is 7.72. The number of para-hydroxylation sites is 2. The van der Waals surface area contributed by atoms with E-state index in [2.05, 4.69) is 108 Å². The van der Waals surface area contributed by atoms with E-state index in [-0.39, 0.29) is 6.04 Å². The fourth-order valence-corrected chi connectivity index (χ4v) is 4.43. The molecule has 4 aromatic carbocycles. The van der Waals surface area contributed by atoms with Gasteiger partial charge in [0, 0.05) is 16.6 Å². The van der Waals surface area contributed by atoms with Crippen LogP contribution >= 0.6 is 0 Å². The predicted octanol–water partition coefficient (Wildman–Crippen LogP) is 7.10. The smallest absolute Gasteiger partial charge is 0.0794 e. The van der Waals surface area contributed by atoms with Crippen LogP contribution in [0.25, 0.3) is 33.3 Å². The summed E-state index contributed by atoms with van der Waals surface area (Å²) in [6, 6.07) is 36.2. The van der Waals surface area contributed by atoms with Gasteiger partial charge < -0.3 is 5.32 Å². The minimum atomic E-state index is 0.0275. The molecule has 2 heterocycles. The van der Waals surface area contributed by atoms with Gasteiger partial charge in [0.2, 0.25) is 0 Å². The number of nitrogens with one attached hydrogen (secondary N) is 1. The topological polar surface area (TPSA) is 24.9 Å². The number of rotatable bonds is 2. The average molecular weight is 384 g/mol. The Bertz CT molecular complexity index is 1430. The number of hydrogen-bond acceptors (Lipinski definition) is 2. The van der Waals surface area contributed by atoms with Crippen molar-refractivity contribution in [1.29, 1.82) is 0 Å². The number of benzene rings is 4. The number of pyridine rings is 1. The monoisotopic (exact) mass is 384 g/mol. The fourth-order valence-electron chi connectivity index (χ4n) is 4.43. The van der Waals surface area contributed by atoms with Gasteiger partial charge in [-0.05, 0) is 46.2 Å². The molecule has 0 aliphatic carbocycles. The lowest BCUT2D eigenvalue weighted by Crippen LogP contribution is -2.18. The molecular formula is C28H20N2. The Kier molecular flexibility index (Phi) is 3.88. The molecule has 1 aromatic heterocycles. The Hall–Kier alpha value is -3.91. The van der Waals surface area contributed by atoms with Crippen molar-refractivity contribution < 1.29 is 0 Å². The highest BCUT2D eigenvalue weighted by Crippen LogP contribution is 2.42. The summed E-state index contributed by atoms with van der Waals surface area (Å²) < 4.78 is 0. The van der Waals surface area contributed by atoms with E-state index in [1.807, 2.05) is 6.07 Å². The van der Waals surface area contributed by atoms with Crippen molar-refractivity contribution in [2.24, 2.45) is 0 Å². The van der Waals surface area contributed by atoms with E-state index >= 15 is 0 Å². The zero-order valence-corrected chi connectivity index (χ0v) is 16.4. The molecule has 1 atom stereocenters. The minimum absolute atomic E-state index is 0.0275. The van der Waals surface area contributed by atoms with E-state index in [1.54, 1.807) is 0 Å². The van der Waals surface area contributed by atoms with Crippen molar-refractivity contribution in [3.05, 3.63) is 120 Å². The standard InChI is InChI=1S/C28H20N2/c1-4-12-22-19(8-1)11-7-13-23(22)28-24(18-21-10-3-6-15-26(21)30-28)27-17-16-20-9-2-5-14-25(20)29-27/h1-18,28,30H. The lowest BCUT2D eigenvalue weighted by molar-refractivity contribution is 1.00. The first-order valence-corrected chi connectivity index (χ1v) is 10.3. The van der Waals surface area contributed by atoms with Gasteiger partial charge in [-0.2, -0.15) is 0 Å². The zero-order chi connectivity index (χ0) is 19.9. The Morgan fingerprint density at radius 2 is 1.40 bits per heavy atom. The molecule has 0 bridgehead atoms. The molecular weight excluding hydrogens is 364 g/mol. The van der Waals surface area contributed by atoms with Crippen LogP contribution in [0, 0.1) is 0 Å². The molecule has 1 unspecified atom stereocenters. The maximum Gasteiger partial charge on any atom is 0.0794 e. The van der Waals surface area contributed by atoms with Crippen LogP contribution in [0.2, 0.25) is 0 Å². The summed E-state index contributed by atoms with van der Waals surface area (Å²) in [7, 11) is 0. The first-order chi connectivity index (χ1) is 14.9. The van der Waals surface area contributed by atoms with Gasteiger partial charge in [-0.3, -0.25) is 0 Å². The van der Waals surface area contributed by atoms with E-state index in [9.17, 15) is 0 Å². The molecule has 0 amide bonds. The Labute approximate surface area is 175 Å². The summed E-state index contributed by atoms with van der Waals surface area (Å²) in [5.41, 5.74) is 6.83. The molecule has 0 spiro atoms. The van der Waals surface area contributed by atoms with Gasteiger partial charge in [0.15, 0.2) is 0 Å². The summed E-state index contributed by atoms with van der Waals surface area (Å²) in [5, 5.41) is 7.47. The SMILES string of the molecule is C1=C(c2ccc3ccccc3n2)C(c2cccc3ccccc23)Nc2ccccc21. The van der Waals surface area contributed by atoms with Gasteiger partial charge >= 0.3 is 0 Å². The second-order valence-electron chi connectivity index (χ2n) is 7.72. The molecule has 2 heteroatoms. The largest absolute Gasteiger partial charge is 0.374 e. The lowest BCUT2D eigenvalue weighted by atomic mass is 9.87. The molecule has 1 N–H and O–H groups in total. The predicted molar refractivity (Wildman–Crippen MR) is 126 cm³/mol. The van der Waals surface area contributed by atoms with Gasteiger partial charge in [0.05, 0.1) is 17.3 Å². The summed E-state index contributed by atoms with van der Waals surface area (Å²) >= 11 is 0. The maximum absolute atomic E-state index is 5.02. The second kappa shape index (κ2) is 6.85. The maximum atomic E-state index is 5.02. The molecule has 0 fully saturated rings. The van der Waals surface area contributed by atoms with Crippen LogP contribution < -0.4 is 5.32 Å². The van der Waals surface area contributed by atoms with Gasteiger partial charge in [-0.15, -0.1) is 0 Å². The first kappa shape index (κ1) is 17.0. The molecule has 0 saturated carbocycles. The third kappa shape index (κ3) is 2.77. The Morgan fingerprint density at radius 1 is 0.633 bits per heavy atom. The van der Waals surface area contributed by atoms with Gasteiger partial charge in [0.1, 0.15) is 0 Å². The van der Waals surface area contributed by atoms with Crippen molar-refractivity contribution in [3.8, 4) is 0 Å². The van der Waals surface area contributed by atoms with Crippen LogP contribution in [0.4, 0.5) is 5.69 Å². The van der Waals surface area contributed by atoms with Crippen LogP contribution in [0.3, 0.4) is 0 Å². The molecule has 0 saturated heterocycles. The van der Waals surface area contributed by atoms with Gasteiger partial charge in [0.25, 0.3) is 0 Å². The molecule has 2 nitrogen and oxygen atoms in total. The lowest BCUT2D eigenvalue weighted by Gasteiger charge is -2.29. The van der Waals surface area contributed by atoms with E-state index in [1.165, 1.54) is 27.5 Å². The summed E-state index contributed by atoms with van der Waals surface area (Å²) in [6.45, 7) is 0. The van der Waals surface area contributed by atoms with Crippen LogP contribution in [0.15, 0.2) is 103 Å². The normalized spacial score (nSPS) is 15.5. The first-order valence-electron chi connectivity index (χ1n) is 10.3. The quantitative estimate of drug-likeness (QED) is 0.351. The van der Waals surface area contributed by atoms with E-state index in [0.717, 1.165) is 22.3 Å². The Balaban J connectivity index is 1.59. The summed E-state index contributed by atoms with van der Waals surface area (Å²) in [6.07, 6.45) is 2.29. The van der Waals surface area contributed by atoms with Gasteiger partial charge in [-0.1, -0.05) is 84.9 Å². The number of nitrogens with zero attached hydrogens (tertiary/aromatic N) is 1. The van der Waals surface area contributed by atoms with Crippen molar-refractivity contribution in [3.63, 3.8) is 0 Å². The number of aromatic nitrogens is 1. The van der Waals surface area contributed by atoms with Gasteiger partial charge in [-0.25, -0.2) is 4.98 Å². The Morgan fingerprint density at radius 3 is 2.37 bits per heavy atom. The molecule has 1 aliphatic heterocycles. The van der Waals surface area contributed by atoms with Crippen LogP contribution in [0.5, 0.6) is 0 Å². The summed E-state index contributed by atoms with van der Waals surface area (Å²) in [4.78, 5) is 5.02. The number of fused-ring (bicyclic) bond motifs is 3. The molecule has 142 valence electrons. The highest BCUT2D eigenvalue weighted by atomic mass is 14.9. The number of anilines is 1. The molecule has 30 heavy (non-hydrogen) atoms. The van der Waals surface area contributed by atoms with Crippen LogP contribution in [0.1, 0.15) is 22.9 Å². The highest BCUT2D eigenvalue weighted by molar-refractivity contribution is 5.97. The van der Waals surface area contributed by atoms with Crippen molar-refractivity contribution >= 4 is 39.0 Å². The van der Waals surface area contributed by atoms with Crippen molar-refractivity contribution in [2.75, 3.05) is 5.32 Å². The molecule has 1 aliphatic rings. The summed E-state index contributed by atoms with van der Waals surface area (Å²) in [5.74, 6) is 0. The zero-order valence-electron chi connectivity index (χ0n) is 16.4. The molecule has 5 aromatic rings. The fraction of sp³-hybridized carbons (Fsp3) is 0.0357. The van der Waals surface area contributed by atoms with Crippen LogP contribution in [-0.2, 0) is 0 Å². The minimum Gasteiger partial charge on any atom is -0.374 e. The van der Waals surface area contributed by atoms with E-state index < -0.39 is 0 Å². The highest BCUT2D eigenvalue weighted by Gasteiger charge is 2.25. The third-order valence-corrected chi connectivity index (χ3v) is 5.91. The number of hydrogen-bond donors (Lipinski definition) is 1. The van der Waals surface area contributed by atoms with Crippen molar-refractivity contribution in [2.45, 2.75) is 6.04 Å². The van der Waals surface area contributed by atoms with Crippen molar-refractivity contribution in [1.82, 2.24) is 4.98 Å². The van der Waals surface area contributed by atoms with Crippen LogP contribution in [-0.4, -0.2) is 4.98 Å². The van der Waals surface area contributed by atoms with E-state index in [4.69, 9.17) is 4.98 Å². The van der Waals surface area contributed by atoms with E-state index in [0.29, 0.717) is 0 Å². The third-order valence-electron chi connectivity index (χ3n) is 5.91.